The molecule has 1 rings (SSSR count). The van der Waals surface area contributed by atoms with Gasteiger partial charge in [0.05, 0.1) is 4.92 Å². The number of alkyl halides is 1. The Balaban J connectivity index is 2.96. The van der Waals surface area contributed by atoms with Gasteiger partial charge in [-0.15, -0.1) is 11.6 Å². The highest BCUT2D eigenvalue weighted by Crippen LogP contribution is 2.16. The number of rotatable bonds is 1. The quantitative estimate of drug-likeness (QED) is 0.336. The second-order valence-electron chi connectivity index (χ2n) is 1.97. The van der Waals surface area contributed by atoms with Crippen LogP contribution in [0.4, 0.5) is 0 Å². The van der Waals surface area contributed by atoms with Crippen LogP contribution in [0, 0.1) is 10.1 Å². The molecule has 0 saturated heterocycles. The predicted octanol–water partition coefficient (Wildman–Crippen LogP) is 0.893. The summed E-state index contributed by atoms with van der Waals surface area (Å²) in [7, 11) is 0. The normalized spacial score (nSPS) is 23.2. The van der Waals surface area contributed by atoms with Gasteiger partial charge in [-0.05, 0) is 6.08 Å². The zero-order valence-electron chi connectivity index (χ0n) is 5.36. The van der Waals surface area contributed by atoms with E-state index in [1.807, 2.05) is 0 Å². The van der Waals surface area contributed by atoms with Crippen molar-refractivity contribution in [3.63, 3.8) is 0 Å². The van der Waals surface area contributed by atoms with E-state index < -0.39 is 16.1 Å². The molecule has 0 aromatic heterocycles. The topological polar surface area (TPSA) is 60.2 Å². The van der Waals surface area contributed by atoms with E-state index in [0.29, 0.717) is 0 Å². The van der Waals surface area contributed by atoms with Crippen LogP contribution in [0.1, 0.15) is 0 Å². The van der Waals surface area contributed by atoms with Crippen molar-refractivity contribution in [2.24, 2.45) is 0 Å². The van der Waals surface area contributed by atoms with Crippen molar-refractivity contribution in [2.75, 3.05) is 0 Å². The average Bonchev–Trinajstić information content (AvgIpc) is 1.94. The lowest BCUT2D eigenvalue weighted by molar-refractivity contribution is -0.426. The molecule has 58 valence electrons. The lowest BCUT2D eigenvalue weighted by Crippen LogP contribution is -2.21. The first-order valence-corrected chi connectivity index (χ1v) is 3.27. The van der Waals surface area contributed by atoms with Crippen molar-refractivity contribution >= 4 is 17.4 Å². The molecule has 1 aliphatic carbocycles. The van der Waals surface area contributed by atoms with Gasteiger partial charge >= 0.3 is 0 Å². The van der Waals surface area contributed by atoms with Gasteiger partial charge in [0.2, 0.25) is 0 Å². The number of halogens is 1. The van der Waals surface area contributed by atoms with Crippen LogP contribution in [0.15, 0.2) is 23.9 Å². The van der Waals surface area contributed by atoms with Gasteiger partial charge in [0.15, 0.2) is 11.2 Å². The van der Waals surface area contributed by atoms with Crippen LogP contribution in [0.2, 0.25) is 0 Å². The van der Waals surface area contributed by atoms with Gasteiger partial charge in [-0.2, -0.15) is 0 Å². The Morgan fingerprint density at radius 2 is 2.27 bits per heavy atom. The van der Waals surface area contributed by atoms with Gasteiger partial charge in [-0.3, -0.25) is 14.9 Å². The number of carbonyl (C=O) groups excluding carboxylic acids is 1. The molecule has 0 aliphatic heterocycles. The zero-order valence-corrected chi connectivity index (χ0v) is 6.12. The van der Waals surface area contributed by atoms with Crippen LogP contribution in [-0.2, 0) is 4.79 Å². The predicted molar refractivity (Wildman–Crippen MR) is 38.9 cm³/mol. The summed E-state index contributed by atoms with van der Waals surface area (Å²) in [6, 6.07) is 0. The Kier molecular flexibility index (Phi) is 2.05. The van der Waals surface area contributed by atoms with Crippen molar-refractivity contribution in [3.05, 3.63) is 34.0 Å². The minimum Gasteiger partial charge on any atom is -0.293 e. The molecule has 1 aliphatic rings. The standard InChI is InChI=1S/C6H4ClNO3/c7-6-4(8(10)11)2-1-3-5(6)9/h1-3,6H. The Labute approximate surface area is 67.3 Å². The van der Waals surface area contributed by atoms with Crippen LogP contribution in [0.25, 0.3) is 0 Å². The monoisotopic (exact) mass is 173 g/mol. The maximum absolute atomic E-state index is 10.7. The third kappa shape index (κ3) is 1.46. The minimum atomic E-state index is -1.13. The Morgan fingerprint density at radius 3 is 2.73 bits per heavy atom. The smallest absolute Gasteiger partial charge is 0.271 e. The highest BCUT2D eigenvalue weighted by Gasteiger charge is 2.29. The molecule has 0 radical (unpaired) electrons. The first kappa shape index (κ1) is 7.94. The molecule has 0 spiro atoms. The largest absolute Gasteiger partial charge is 0.293 e. The summed E-state index contributed by atoms with van der Waals surface area (Å²) in [6.07, 6.45) is 3.75. The molecule has 0 bridgehead atoms. The van der Waals surface area contributed by atoms with Gasteiger partial charge in [0.25, 0.3) is 5.70 Å². The summed E-state index contributed by atoms with van der Waals surface area (Å²) in [4.78, 5) is 20.3. The van der Waals surface area contributed by atoms with Crippen LogP contribution in [0.3, 0.4) is 0 Å². The molecule has 0 amide bonds. The number of nitro groups is 1. The molecule has 0 heterocycles. The Hall–Kier alpha value is -1.16. The molecule has 0 aromatic rings. The molecular formula is C6H4ClNO3. The van der Waals surface area contributed by atoms with Gasteiger partial charge < -0.3 is 0 Å². The fraction of sp³-hybridized carbons (Fsp3) is 0.167. The van der Waals surface area contributed by atoms with Gasteiger partial charge in [-0.1, -0.05) is 6.08 Å². The number of hydrogen-bond acceptors (Lipinski definition) is 3. The molecule has 4 nitrogen and oxygen atoms in total. The van der Waals surface area contributed by atoms with Crippen LogP contribution in [-0.4, -0.2) is 16.1 Å². The number of hydrogen-bond donors (Lipinski definition) is 0. The highest BCUT2D eigenvalue weighted by atomic mass is 35.5. The number of allylic oxidation sites excluding steroid dienone is 4. The van der Waals surface area contributed by atoms with E-state index in [0.717, 1.165) is 0 Å². The molecule has 5 heteroatoms. The van der Waals surface area contributed by atoms with Crippen LogP contribution in [0.5, 0.6) is 0 Å². The number of carbonyl (C=O) groups is 1. The number of nitrogens with zero attached hydrogens (tertiary/aromatic N) is 1. The summed E-state index contributed by atoms with van der Waals surface area (Å²) in [5.41, 5.74) is -0.265. The molecule has 0 saturated carbocycles. The molecule has 0 N–H and O–H groups in total. The summed E-state index contributed by atoms with van der Waals surface area (Å²) in [6.45, 7) is 0. The second-order valence-corrected chi connectivity index (χ2v) is 2.41. The van der Waals surface area contributed by atoms with Gasteiger partial charge in [0, 0.05) is 6.08 Å². The fourth-order valence-corrected chi connectivity index (χ4v) is 0.935. The molecule has 0 aromatic carbocycles. The maximum Gasteiger partial charge on any atom is 0.271 e. The van der Waals surface area contributed by atoms with E-state index in [9.17, 15) is 14.9 Å². The third-order valence-corrected chi connectivity index (χ3v) is 1.69. The Bertz CT molecular complexity index is 269. The SMILES string of the molecule is O=C1C=CC=C([N+](=O)[O-])C1Cl. The van der Waals surface area contributed by atoms with Crippen LogP contribution < -0.4 is 0 Å². The third-order valence-electron chi connectivity index (χ3n) is 1.25. The summed E-state index contributed by atoms with van der Waals surface area (Å²) < 4.78 is 0. The van der Waals surface area contributed by atoms with Crippen molar-refractivity contribution in [1.29, 1.82) is 0 Å². The first-order valence-electron chi connectivity index (χ1n) is 2.83. The molecular weight excluding hydrogens is 170 g/mol. The molecule has 0 fully saturated rings. The fourth-order valence-electron chi connectivity index (χ4n) is 0.710. The summed E-state index contributed by atoms with van der Waals surface area (Å²) in [5.74, 6) is -0.444. The highest BCUT2D eigenvalue weighted by molar-refractivity contribution is 6.35. The van der Waals surface area contributed by atoms with E-state index in [1.54, 1.807) is 0 Å². The molecule has 11 heavy (non-hydrogen) atoms. The van der Waals surface area contributed by atoms with Crippen molar-refractivity contribution in [1.82, 2.24) is 0 Å². The number of ketones is 1. The summed E-state index contributed by atoms with van der Waals surface area (Å²) >= 11 is 5.42. The van der Waals surface area contributed by atoms with Crippen molar-refractivity contribution in [3.8, 4) is 0 Å². The van der Waals surface area contributed by atoms with E-state index in [-0.39, 0.29) is 5.70 Å². The van der Waals surface area contributed by atoms with Gasteiger partial charge in [-0.25, -0.2) is 0 Å². The van der Waals surface area contributed by atoms with Crippen molar-refractivity contribution < 1.29 is 9.72 Å². The molecule has 1 unspecified atom stereocenters. The minimum absolute atomic E-state index is 0.265. The van der Waals surface area contributed by atoms with E-state index in [2.05, 4.69) is 0 Å². The average molecular weight is 174 g/mol. The van der Waals surface area contributed by atoms with Crippen molar-refractivity contribution in [2.45, 2.75) is 5.38 Å². The molecule has 1 atom stereocenters. The summed E-state index contributed by atoms with van der Waals surface area (Å²) in [5, 5.41) is 9.05. The second kappa shape index (κ2) is 2.84. The van der Waals surface area contributed by atoms with Gasteiger partial charge in [0.1, 0.15) is 0 Å². The van der Waals surface area contributed by atoms with E-state index in [1.165, 1.54) is 18.2 Å². The lowest BCUT2D eigenvalue weighted by atomic mass is 10.1. The zero-order chi connectivity index (χ0) is 8.43. The lowest BCUT2D eigenvalue weighted by Gasteiger charge is -2.04. The van der Waals surface area contributed by atoms with E-state index in [4.69, 9.17) is 11.6 Å². The maximum atomic E-state index is 10.7. The van der Waals surface area contributed by atoms with Crippen LogP contribution >= 0.6 is 11.6 Å². The first-order chi connectivity index (χ1) is 5.13. The Morgan fingerprint density at radius 1 is 1.64 bits per heavy atom. The van der Waals surface area contributed by atoms with E-state index >= 15 is 0 Å².